The van der Waals surface area contributed by atoms with Crippen LogP contribution in [0.4, 0.5) is 0 Å². The van der Waals surface area contributed by atoms with Gasteiger partial charge < -0.3 is 19.5 Å². The standard InChI is InChI=1S/C22H31NO3/c1-16-10-17(2)12-22(11-16)26-15-20(24)14-23(4)18(3)13-19-6-8-21(25-5)9-7-19/h6-12,18,20,24H,13-15H2,1-5H3. The number of likely N-dealkylation sites (N-methyl/N-ethyl adjacent to an activating group) is 1. The first-order valence-electron chi connectivity index (χ1n) is 9.09. The predicted octanol–water partition coefficient (Wildman–Crippen LogP) is 3.61. The highest BCUT2D eigenvalue weighted by atomic mass is 16.5. The Kier molecular flexibility index (Phi) is 7.49. The minimum Gasteiger partial charge on any atom is -0.497 e. The molecule has 0 aliphatic rings. The molecular weight excluding hydrogens is 326 g/mol. The van der Waals surface area contributed by atoms with E-state index in [1.807, 2.05) is 45.2 Å². The maximum Gasteiger partial charge on any atom is 0.119 e. The second-order valence-electron chi connectivity index (χ2n) is 7.13. The van der Waals surface area contributed by atoms with Crippen molar-refractivity contribution < 1.29 is 14.6 Å². The third kappa shape index (κ3) is 6.36. The topological polar surface area (TPSA) is 41.9 Å². The van der Waals surface area contributed by atoms with Crippen molar-refractivity contribution in [2.45, 2.75) is 39.3 Å². The highest BCUT2D eigenvalue weighted by Crippen LogP contribution is 2.17. The van der Waals surface area contributed by atoms with E-state index in [2.05, 4.69) is 30.0 Å². The van der Waals surface area contributed by atoms with Gasteiger partial charge in [-0.2, -0.15) is 0 Å². The summed E-state index contributed by atoms with van der Waals surface area (Å²) in [6.07, 6.45) is 0.393. The molecule has 4 nitrogen and oxygen atoms in total. The molecule has 2 rings (SSSR count). The number of ether oxygens (including phenoxy) is 2. The number of benzene rings is 2. The maximum absolute atomic E-state index is 10.3. The molecule has 0 bridgehead atoms. The Morgan fingerprint density at radius 3 is 2.19 bits per heavy atom. The van der Waals surface area contributed by atoms with Crippen molar-refractivity contribution in [2.75, 3.05) is 27.3 Å². The molecule has 0 radical (unpaired) electrons. The quantitative estimate of drug-likeness (QED) is 0.744. The van der Waals surface area contributed by atoms with E-state index in [0.29, 0.717) is 19.2 Å². The predicted molar refractivity (Wildman–Crippen MR) is 106 cm³/mol. The SMILES string of the molecule is COc1ccc(CC(C)N(C)CC(O)COc2cc(C)cc(C)c2)cc1. The second kappa shape index (κ2) is 9.60. The lowest BCUT2D eigenvalue weighted by molar-refractivity contribution is 0.0654. The third-order valence-electron chi connectivity index (χ3n) is 4.58. The van der Waals surface area contributed by atoms with E-state index in [0.717, 1.165) is 17.9 Å². The van der Waals surface area contributed by atoms with Crippen molar-refractivity contribution in [3.8, 4) is 11.5 Å². The van der Waals surface area contributed by atoms with Crippen LogP contribution in [0, 0.1) is 13.8 Å². The monoisotopic (exact) mass is 357 g/mol. The van der Waals surface area contributed by atoms with Crippen LogP contribution in [-0.2, 0) is 6.42 Å². The van der Waals surface area contributed by atoms with Gasteiger partial charge in [0.25, 0.3) is 0 Å². The summed E-state index contributed by atoms with van der Waals surface area (Å²) >= 11 is 0. The van der Waals surface area contributed by atoms with Gasteiger partial charge in [0.2, 0.25) is 0 Å². The van der Waals surface area contributed by atoms with Crippen molar-refractivity contribution in [3.63, 3.8) is 0 Å². The number of aliphatic hydroxyl groups excluding tert-OH is 1. The lowest BCUT2D eigenvalue weighted by Crippen LogP contribution is -2.39. The Bertz CT molecular complexity index is 664. The molecule has 1 N–H and O–H groups in total. The van der Waals surface area contributed by atoms with Crippen molar-refractivity contribution in [1.82, 2.24) is 4.90 Å². The number of hydrogen-bond acceptors (Lipinski definition) is 4. The van der Waals surface area contributed by atoms with Gasteiger partial charge in [0.15, 0.2) is 0 Å². The van der Waals surface area contributed by atoms with Crippen LogP contribution in [0.15, 0.2) is 42.5 Å². The van der Waals surface area contributed by atoms with Gasteiger partial charge in [0, 0.05) is 12.6 Å². The fourth-order valence-corrected chi connectivity index (χ4v) is 3.03. The molecule has 2 atom stereocenters. The summed E-state index contributed by atoms with van der Waals surface area (Å²) in [5, 5.41) is 10.3. The Hall–Kier alpha value is -2.04. The molecule has 0 aliphatic carbocycles. The van der Waals surface area contributed by atoms with Crippen LogP contribution in [0.1, 0.15) is 23.6 Å². The molecule has 0 fully saturated rings. The van der Waals surface area contributed by atoms with Crippen LogP contribution in [-0.4, -0.2) is 49.5 Å². The van der Waals surface area contributed by atoms with Crippen molar-refractivity contribution in [3.05, 3.63) is 59.2 Å². The molecule has 2 aromatic carbocycles. The summed E-state index contributed by atoms with van der Waals surface area (Å²) in [4.78, 5) is 2.17. The van der Waals surface area contributed by atoms with E-state index in [-0.39, 0.29) is 0 Å². The van der Waals surface area contributed by atoms with Crippen molar-refractivity contribution >= 4 is 0 Å². The van der Waals surface area contributed by atoms with E-state index >= 15 is 0 Å². The summed E-state index contributed by atoms with van der Waals surface area (Å²) in [5.41, 5.74) is 3.59. The number of rotatable bonds is 9. The second-order valence-corrected chi connectivity index (χ2v) is 7.13. The van der Waals surface area contributed by atoms with Crippen LogP contribution in [0.25, 0.3) is 0 Å². The zero-order valence-electron chi connectivity index (χ0n) is 16.5. The zero-order chi connectivity index (χ0) is 19.1. The molecule has 142 valence electrons. The van der Waals surface area contributed by atoms with E-state index in [1.165, 1.54) is 16.7 Å². The molecule has 0 heterocycles. The minimum atomic E-state index is -0.529. The van der Waals surface area contributed by atoms with Gasteiger partial charge in [0.1, 0.15) is 24.2 Å². The maximum atomic E-state index is 10.3. The first-order chi connectivity index (χ1) is 12.4. The van der Waals surface area contributed by atoms with E-state index < -0.39 is 6.10 Å². The molecule has 0 saturated carbocycles. The van der Waals surface area contributed by atoms with Crippen molar-refractivity contribution in [1.29, 1.82) is 0 Å². The Balaban J connectivity index is 1.80. The third-order valence-corrected chi connectivity index (χ3v) is 4.58. The molecule has 0 aliphatic heterocycles. The Morgan fingerprint density at radius 2 is 1.62 bits per heavy atom. The highest BCUT2D eigenvalue weighted by Gasteiger charge is 2.15. The molecule has 2 unspecified atom stereocenters. The Morgan fingerprint density at radius 1 is 1.00 bits per heavy atom. The molecule has 0 saturated heterocycles. The van der Waals surface area contributed by atoms with Crippen LogP contribution >= 0.6 is 0 Å². The molecule has 0 amide bonds. The highest BCUT2D eigenvalue weighted by molar-refractivity contribution is 5.33. The number of aryl methyl sites for hydroxylation is 2. The van der Waals surface area contributed by atoms with E-state index in [1.54, 1.807) is 7.11 Å². The first kappa shape index (κ1) is 20.3. The molecular formula is C22H31NO3. The average Bonchev–Trinajstić information content (AvgIpc) is 2.59. The van der Waals surface area contributed by atoms with Gasteiger partial charge >= 0.3 is 0 Å². The van der Waals surface area contributed by atoms with Gasteiger partial charge in [-0.1, -0.05) is 18.2 Å². The van der Waals surface area contributed by atoms with Gasteiger partial charge in [-0.15, -0.1) is 0 Å². The molecule has 2 aromatic rings. The van der Waals surface area contributed by atoms with Crippen LogP contribution in [0.3, 0.4) is 0 Å². The summed E-state index contributed by atoms with van der Waals surface area (Å²) < 4.78 is 11.0. The van der Waals surface area contributed by atoms with Crippen LogP contribution < -0.4 is 9.47 Å². The average molecular weight is 357 g/mol. The smallest absolute Gasteiger partial charge is 0.119 e. The lowest BCUT2D eigenvalue weighted by Gasteiger charge is -2.27. The van der Waals surface area contributed by atoms with Gasteiger partial charge in [-0.25, -0.2) is 0 Å². The number of methoxy groups -OCH3 is 1. The normalized spacial score (nSPS) is 13.5. The fraction of sp³-hybridized carbons (Fsp3) is 0.455. The summed E-state index contributed by atoms with van der Waals surface area (Å²) in [6, 6.07) is 14.6. The van der Waals surface area contributed by atoms with Gasteiger partial charge in [-0.3, -0.25) is 0 Å². The van der Waals surface area contributed by atoms with E-state index in [9.17, 15) is 5.11 Å². The Labute approximate surface area is 157 Å². The van der Waals surface area contributed by atoms with E-state index in [4.69, 9.17) is 9.47 Å². The summed E-state index contributed by atoms with van der Waals surface area (Å²) in [6.45, 7) is 7.13. The number of aliphatic hydroxyl groups is 1. The molecule has 26 heavy (non-hydrogen) atoms. The first-order valence-corrected chi connectivity index (χ1v) is 9.09. The lowest BCUT2D eigenvalue weighted by atomic mass is 10.1. The zero-order valence-corrected chi connectivity index (χ0v) is 16.5. The fourth-order valence-electron chi connectivity index (χ4n) is 3.03. The summed E-state index contributed by atoms with van der Waals surface area (Å²) in [7, 11) is 3.71. The summed E-state index contributed by atoms with van der Waals surface area (Å²) in [5.74, 6) is 1.68. The van der Waals surface area contributed by atoms with Gasteiger partial charge in [-0.05, 0) is 75.2 Å². The molecule has 0 spiro atoms. The van der Waals surface area contributed by atoms with Crippen LogP contribution in [0.5, 0.6) is 11.5 Å². The molecule has 0 aromatic heterocycles. The largest absolute Gasteiger partial charge is 0.497 e. The minimum absolute atomic E-state index is 0.294. The van der Waals surface area contributed by atoms with Crippen LogP contribution in [0.2, 0.25) is 0 Å². The number of hydrogen-bond donors (Lipinski definition) is 1. The number of nitrogens with zero attached hydrogens (tertiary/aromatic N) is 1. The van der Waals surface area contributed by atoms with Crippen molar-refractivity contribution in [2.24, 2.45) is 0 Å². The van der Waals surface area contributed by atoms with Gasteiger partial charge in [0.05, 0.1) is 7.11 Å². The molecule has 4 heteroatoms.